The molecule has 0 aliphatic carbocycles. The Morgan fingerprint density at radius 2 is 1.81 bits per heavy atom. The van der Waals surface area contributed by atoms with Crippen molar-refractivity contribution >= 4 is 25.2 Å². The Morgan fingerprint density at radius 3 is 2.47 bits per heavy atom. The Bertz CT molecular complexity index is 1280. The number of pyridine rings is 1. The zero-order valence-corrected chi connectivity index (χ0v) is 23.0. The normalized spacial score (nSPS) is 14.1. The zero-order valence-electron chi connectivity index (χ0n) is 22.0. The molecule has 194 valence electrons. The summed E-state index contributed by atoms with van der Waals surface area (Å²) in [5.74, 6) is -0.813. The Labute approximate surface area is 213 Å². The van der Waals surface area contributed by atoms with Crippen LogP contribution in [-0.2, 0) is 22.1 Å². The van der Waals surface area contributed by atoms with Crippen LogP contribution in [0.4, 0.5) is 0 Å². The lowest BCUT2D eigenvalue weighted by atomic mass is 10.0. The van der Waals surface area contributed by atoms with Crippen LogP contribution in [0.1, 0.15) is 50.5 Å². The van der Waals surface area contributed by atoms with Gasteiger partial charge < -0.3 is 24.9 Å². The summed E-state index contributed by atoms with van der Waals surface area (Å²) in [5.41, 5.74) is 2.91. The molecule has 0 spiro atoms. The first kappa shape index (κ1) is 27.6. The van der Waals surface area contributed by atoms with Gasteiger partial charge in [-0.3, -0.25) is 9.59 Å². The molecule has 2 atom stereocenters. The summed E-state index contributed by atoms with van der Waals surface area (Å²) in [5, 5.41) is 23.8. The minimum absolute atomic E-state index is 0.00246. The van der Waals surface area contributed by atoms with Crippen molar-refractivity contribution in [2.24, 2.45) is 0 Å². The molecule has 36 heavy (non-hydrogen) atoms. The van der Waals surface area contributed by atoms with Gasteiger partial charge >= 0.3 is 5.97 Å². The van der Waals surface area contributed by atoms with Gasteiger partial charge in [0.15, 0.2) is 8.32 Å². The molecule has 0 radical (unpaired) electrons. The number of aromatic amines is 1. The summed E-state index contributed by atoms with van der Waals surface area (Å²) in [7, 11) is -2.16. The third-order valence-corrected chi connectivity index (χ3v) is 11.5. The van der Waals surface area contributed by atoms with Gasteiger partial charge in [-0.15, -0.1) is 0 Å². The van der Waals surface area contributed by atoms with E-state index in [9.17, 15) is 14.7 Å². The van der Waals surface area contributed by atoms with Crippen LogP contribution in [0.2, 0.25) is 18.1 Å². The lowest BCUT2D eigenvalue weighted by Gasteiger charge is -2.40. The summed E-state index contributed by atoms with van der Waals surface area (Å²) >= 11 is 0. The van der Waals surface area contributed by atoms with Gasteiger partial charge in [0, 0.05) is 24.0 Å². The first-order valence-electron chi connectivity index (χ1n) is 12.3. The molecule has 0 bridgehead atoms. The molecule has 0 saturated carbocycles. The van der Waals surface area contributed by atoms with Crippen LogP contribution in [0.15, 0.2) is 53.3 Å². The van der Waals surface area contributed by atoms with Gasteiger partial charge in [-0.2, -0.15) is 0 Å². The number of benzene rings is 2. The van der Waals surface area contributed by atoms with Crippen molar-refractivity contribution in [3.8, 4) is 5.75 Å². The highest BCUT2D eigenvalue weighted by molar-refractivity contribution is 6.74. The number of H-pyrrole nitrogens is 1. The molecule has 0 amide bonds. The maximum Gasteiger partial charge on any atom is 0.307 e. The van der Waals surface area contributed by atoms with Gasteiger partial charge in [-0.05, 0) is 60.3 Å². The lowest BCUT2D eigenvalue weighted by Crippen LogP contribution is -2.44. The number of phenols is 1. The number of carboxylic acids is 1. The van der Waals surface area contributed by atoms with E-state index in [1.54, 1.807) is 12.1 Å². The average Bonchev–Trinajstić information content (AvgIpc) is 2.76. The fourth-order valence-electron chi connectivity index (χ4n) is 4.06. The Morgan fingerprint density at radius 1 is 1.11 bits per heavy atom. The number of rotatable bonds is 10. The number of aromatic nitrogens is 1. The number of fused-ring (bicyclic) bond motifs is 1. The van der Waals surface area contributed by atoms with Gasteiger partial charge in [0.25, 0.3) is 0 Å². The third-order valence-electron chi connectivity index (χ3n) is 7.04. The highest BCUT2D eigenvalue weighted by atomic mass is 28.4. The Balaban J connectivity index is 1.87. The zero-order chi connectivity index (χ0) is 26.7. The van der Waals surface area contributed by atoms with Crippen LogP contribution in [-0.4, -0.2) is 42.1 Å². The number of phenolic OH excluding ortho intramolecular Hbond substituents is 1. The predicted molar refractivity (Wildman–Crippen MR) is 146 cm³/mol. The van der Waals surface area contributed by atoms with E-state index in [1.165, 1.54) is 6.07 Å². The average molecular weight is 511 g/mol. The fraction of sp³-hybridized carbons (Fsp3) is 0.429. The number of carboxylic acid groups (broad SMARTS) is 1. The van der Waals surface area contributed by atoms with Crippen LogP contribution in [0.3, 0.4) is 0 Å². The van der Waals surface area contributed by atoms with Gasteiger partial charge in [0.1, 0.15) is 5.75 Å². The summed E-state index contributed by atoms with van der Waals surface area (Å²) in [6.45, 7) is 13.7. The molecule has 7 nitrogen and oxygen atoms in total. The highest BCUT2D eigenvalue weighted by Gasteiger charge is 2.39. The van der Waals surface area contributed by atoms with Crippen molar-refractivity contribution in [3.05, 3.63) is 75.6 Å². The second-order valence-corrected chi connectivity index (χ2v) is 15.8. The molecule has 1 aromatic heterocycles. The van der Waals surface area contributed by atoms with Crippen molar-refractivity contribution in [3.63, 3.8) is 0 Å². The van der Waals surface area contributed by atoms with Crippen LogP contribution >= 0.6 is 0 Å². The molecule has 1 heterocycles. The van der Waals surface area contributed by atoms with Crippen LogP contribution in [0, 0.1) is 0 Å². The molecular weight excluding hydrogens is 472 g/mol. The minimum Gasteiger partial charge on any atom is -0.506 e. The van der Waals surface area contributed by atoms with Gasteiger partial charge in [-0.1, -0.05) is 51.1 Å². The van der Waals surface area contributed by atoms with Crippen molar-refractivity contribution < 1.29 is 19.4 Å². The van der Waals surface area contributed by atoms with E-state index in [0.717, 1.165) is 28.5 Å². The SMILES string of the molecule is C[C@@H](Cc1cccc(CC(=O)O)c1)NC[C@@H](O[Si](C)(C)C(C)(C)C)c1ccc(O)c2[nH]c(=O)ccc12. The molecule has 3 aromatic rings. The molecule has 0 aliphatic rings. The van der Waals surface area contributed by atoms with Crippen LogP contribution < -0.4 is 10.9 Å². The highest BCUT2D eigenvalue weighted by Crippen LogP contribution is 2.41. The molecule has 8 heteroatoms. The maximum absolute atomic E-state index is 11.9. The molecule has 0 aliphatic heterocycles. The van der Waals surface area contributed by atoms with Crippen LogP contribution in [0.25, 0.3) is 10.9 Å². The predicted octanol–water partition coefficient (Wildman–Crippen LogP) is 5.14. The first-order valence-corrected chi connectivity index (χ1v) is 15.2. The molecule has 0 fully saturated rings. The number of carbonyl (C=O) groups is 1. The van der Waals surface area contributed by atoms with E-state index in [-0.39, 0.29) is 34.9 Å². The minimum atomic E-state index is -2.16. The summed E-state index contributed by atoms with van der Waals surface area (Å²) in [4.78, 5) is 25.7. The number of aliphatic carboxylic acids is 1. The molecule has 3 rings (SSSR count). The molecule has 4 N–H and O–H groups in total. The van der Waals surface area contributed by atoms with Gasteiger partial charge in [0.05, 0.1) is 18.0 Å². The van der Waals surface area contributed by atoms with E-state index in [2.05, 4.69) is 51.1 Å². The van der Waals surface area contributed by atoms with E-state index in [4.69, 9.17) is 9.53 Å². The second kappa shape index (κ2) is 11.0. The largest absolute Gasteiger partial charge is 0.506 e. The number of aromatic hydroxyl groups is 1. The van der Waals surface area contributed by atoms with Gasteiger partial charge in [0.2, 0.25) is 5.56 Å². The Kier molecular flexibility index (Phi) is 8.43. The number of hydrogen-bond acceptors (Lipinski definition) is 5. The van der Waals surface area contributed by atoms with E-state index < -0.39 is 14.3 Å². The third kappa shape index (κ3) is 6.84. The molecule has 2 aromatic carbocycles. The first-order chi connectivity index (χ1) is 16.8. The van der Waals surface area contributed by atoms with Crippen molar-refractivity contribution in [2.75, 3.05) is 6.54 Å². The molecule has 0 saturated heterocycles. The van der Waals surface area contributed by atoms with Crippen LogP contribution in [0.5, 0.6) is 5.75 Å². The van der Waals surface area contributed by atoms with E-state index in [0.29, 0.717) is 12.1 Å². The second-order valence-electron chi connectivity index (χ2n) is 11.1. The maximum atomic E-state index is 11.9. The standard InChI is InChI=1S/C28H38N2O5Si/c1-18(14-19-8-7-9-20(15-19)16-26(33)34)29-17-24(35-36(5,6)28(2,3)4)21-10-12-23(31)27-22(21)11-13-25(32)30-27/h7-13,15,18,24,29,31H,14,16-17H2,1-6H3,(H,30,32)(H,33,34)/t18-,24+/m0/s1. The Hall–Kier alpha value is -2.94. The quantitative estimate of drug-likeness (QED) is 0.281. The van der Waals surface area contributed by atoms with E-state index in [1.807, 2.05) is 30.3 Å². The van der Waals surface area contributed by atoms with Crippen molar-refractivity contribution in [1.82, 2.24) is 10.3 Å². The lowest BCUT2D eigenvalue weighted by molar-refractivity contribution is -0.136. The number of nitrogens with one attached hydrogen (secondary N) is 2. The molecule has 0 unspecified atom stereocenters. The topological polar surface area (TPSA) is 112 Å². The summed E-state index contributed by atoms with van der Waals surface area (Å²) < 4.78 is 6.87. The van der Waals surface area contributed by atoms with Gasteiger partial charge in [-0.25, -0.2) is 0 Å². The van der Waals surface area contributed by atoms with Crippen molar-refractivity contribution in [1.29, 1.82) is 0 Å². The summed E-state index contributed by atoms with van der Waals surface area (Å²) in [6, 6.07) is 14.5. The summed E-state index contributed by atoms with van der Waals surface area (Å²) in [6.07, 6.45) is 0.457. The smallest absolute Gasteiger partial charge is 0.307 e. The monoisotopic (exact) mass is 510 g/mol. The van der Waals surface area contributed by atoms with Crippen molar-refractivity contribution in [2.45, 2.75) is 70.8 Å². The molecular formula is C28H38N2O5Si. The fourth-order valence-corrected chi connectivity index (χ4v) is 5.34. The van der Waals surface area contributed by atoms with E-state index >= 15 is 0 Å². The number of hydrogen-bond donors (Lipinski definition) is 4.